The summed E-state index contributed by atoms with van der Waals surface area (Å²) in [7, 11) is 1.80. The Morgan fingerprint density at radius 3 is 2.64 bits per heavy atom. The van der Waals surface area contributed by atoms with E-state index in [0.29, 0.717) is 18.2 Å². The van der Waals surface area contributed by atoms with E-state index in [0.717, 1.165) is 26.1 Å². The van der Waals surface area contributed by atoms with E-state index in [4.69, 9.17) is 4.74 Å². The third-order valence-corrected chi connectivity index (χ3v) is 3.11. The molecule has 0 bridgehead atoms. The summed E-state index contributed by atoms with van der Waals surface area (Å²) in [5, 5.41) is 3.51. The van der Waals surface area contributed by atoms with Gasteiger partial charge in [0.2, 0.25) is 0 Å². The van der Waals surface area contributed by atoms with E-state index in [1.807, 2.05) is 0 Å². The van der Waals surface area contributed by atoms with E-state index in [1.54, 1.807) is 7.11 Å². The van der Waals surface area contributed by atoms with Crippen molar-refractivity contribution in [3.8, 4) is 0 Å². The number of nitrogens with one attached hydrogen (secondary N) is 1. The normalized spacial score (nSPS) is 27.9. The van der Waals surface area contributed by atoms with Crippen LogP contribution < -0.4 is 5.32 Å². The van der Waals surface area contributed by atoms with E-state index >= 15 is 0 Å². The molecule has 3 nitrogen and oxygen atoms in total. The van der Waals surface area contributed by atoms with Crippen LogP contribution in [-0.2, 0) is 4.74 Å². The van der Waals surface area contributed by atoms with Crippen molar-refractivity contribution in [1.82, 2.24) is 10.2 Å². The second-order valence-electron chi connectivity index (χ2n) is 4.38. The molecule has 1 heterocycles. The highest BCUT2D eigenvalue weighted by Crippen LogP contribution is 2.11. The van der Waals surface area contributed by atoms with Crippen molar-refractivity contribution in [2.75, 3.05) is 26.7 Å². The largest absolute Gasteiger partial charge is 0.380 e. The fraction of sp³-hybridized carbons (Fsp3) is 1.00. The summed E-state index contributed by atoms with van der Waals surface area (Å²) in [6, 6.07) is 1.26. The molecule has 1 rings (SSSR count). The minimum Gasteiger partial charge on any atom is -0.380 e. The Hall–Kier alpha value is -0.120. The fourth-order valence-electron chi connectivity index (χ4n) is 2.09. The molecule has 0 radical (unpaired) electrons. The lowest BCUT2D eigenvalue weighted by molar-refractivity contribution is 0.114. The quantitative estimate of drug-likeness (QED) is 0.719. The number of hydrogen-bond acceptors (Lipinski definition) is 3. The number of methoxy groups -OCH3 is 1. The molecule has 14 heavy (non-hydrogen) atoms. The van der Waals surface area contributed by atoms with Crippen LogP contribution in [0, 0.1) is 0 Å². The predicted octanol–water partition coefficient (Wildman–Crippen LogP) is 1.09. The van der Waals surface area contributed by atoms with E-state index in [9.17, 15) is 0 Å². The van der Waals surface area contributed by atoms with Gasteiger partial charge in [0.25, 0.3) is 0 Å². The van der Waals surface area contributed by atoms with Crippen molar-refractivity contribution in [1.29, 1.82) is 0 Å². The van der Waals surface area contributed by atoms with Crippen LogP contribution >= 0.6 is 0 Å². The Morgan fingerprint density at radius 2 is 2.21 bits per heavy atom. The van der Waals surface area contributed by atoms with Crippen LogP contribution in [0.1, 0.15) is 27.2 Å². The van der Waals surface area contributed by atoms with Crippen LogP contribution in [0.3, 0.4) is 0 Å². The molecule has 0 amide bonds. The lowest BCUT2D eigenvalue weighted by atomic mass is 10.1. The van der Waals surface area contributed by atoms with Gasteiger partial charge in [0.05, 0.1) is 6.10 Å². The predicted molar refractivity (Wildman–Crippen MR) is 59.6 cm³/mol. The van der Waals surface area contributed by atoms with E-state index in [-0.39, 0.29) is 0 Å². The first-order chi connectivity index (χ1) is 6.67. The Labute approximate surface area is 87.8 Å². The lowest BCUT2D eigenvalue weighted by Crippen LogP contribution is -2.41. The van der Waals surface area contributed by atoms with Gasteiger partial charge in [0.15, 0.2) is 0 Å². The van der Waals surface area contributed by atoms with Gasteiger partial charge in [0.1, 0.15) is 0 Å². The van der Waals surface area contributed by atoms with E-state index < -0.39 is 0 Å². The molecule has 2 atom stereocenters. The molecule has 0 aromatic rings. The number of hydrogen-bond donors (Lipinski definition) is 1. The highest BCUT2D eigenvalue weighted by molar-refractivity contribution is 4.84. The lowest BCUT2D eigenvalue weighted by Gasteiger charge is -2.27. The monoisotopic (exact) mass is 200 g/mol. The molecular weight excluding hydrogens is 176 g/mol. The summed E-state index contributed by atoms with van der Waals surface area (Å²) >= 11 is 0. The topological polar surface area (TPSA) is 24.5 Å². The summed E-state index contributed by atoms with van der Waals surface area (Å²) in [6.45, 7) is 10.0. The molecule has 1 N–H and O–H groups in total. The molecule has 1 aliphatic rings. The van der Waals surface area contributed by atoms with Crippen molar-refractivity contribution >= 4 is 0 Å². The fourth-order valence-corrected chi connectivity index (χ4v) is 2.09. The second kappa shape index (κ2) is 5.69. The first kappa shape index (κ1) is 12.0. The molecule has 0 aromatic carbocycles. The summed E-state index contributed by atoms with van der Waals surface area (Å²) < 4.78 is 5.34. The first-order valence-electron chi connectivity index (χ1n) is 5.67. The Bertz CT molecular complexity index is 161. The molecule has 0 aromatic heterocycles. The average Bonchev–Trinajstić information content (AvgIpc) is 2.61. The maximum Gasteiger partial charge on any atom is 0.0711 e. The molecule has 3 heteroatoms. The van der Waals surface area contributed by atoms with Crippen molar-refractivity contribution in [3.05, 3.63) is 0 Å². The van der Waals surface area contributed by atoms with Crippen LogP contribution in [0.4, 0.5) is 0 Å². The zero-order valence-corrected chi connectivity index (χ0v) is 9.92. The summed E-state index contributed by atoms with van der Waals surface area (Å²) in [5.74, 6) is 0. The molecule has 84 valence electrons. The summed E-state index contributed by atoms with van der Waals surface area (Å²) in [6.07, 6.45) is 1.57. The second-order valence-corrected chi connectivity index (χ2v) is 4.38. The minimum atomic E-state index is 0.422. The van der Waals surface area contributed by atoms with Crippen molar-refractivity contribution in [2.24, 2.45) is 0 Å². The third kappa shape index (κ3) is 3.23. The molecular formula is C11H24N2O. The maximum absolute atomic E-state index is 5.34. The molecule has 1 saturated heterocycles. The van der Waals surface area contributed by atoms with Crippen LogP contribution in [-0.4, -0.2) is 49.8 Å². The van der Waals surface area contributed by atoms with Gasteiger partial charge in [0, 0.05) is 32.3 Å². The summed E-state index contributed by atoms with van der Waals surface area (Å²) in [5.41, 5.74) is 0. The van der Waals surface area contributed by atoms with Gasteiger partial charge in [-0.15, -0.1) is 0 Å². The summed E-state index contributed by atoms with van der Waals surface area (Å²) in [4.78, 5) is 2.50. The smallest absolute Gasteiger partial charge is 0.0711 e. The van der Waals surface area contributed by atoms with Gasteiger partial charge in [-0.2, -0.15) is 0 Å². The van der Waals surface area contributed by atoms with Gasteiger partial charge in [-0.05, 0) is 26.8 Å². The van der Waals surface area contributed by atoms with E-state index in [2.05, 4.69) is 31.0 Å². The number of ether oxygens (including phenoxy) is 1. The maximum atomic E-state index is 5.34. The molecule has 1 fully saturated rings. The Kier molecular flexibility index (Phi) is 4.85. The number of likely N-dealkylation sites (N-methyl/N-ethyl adjacent to an activating group) is 1. The van der Waals surface area contributed by atoms with Crippen molar-refractivity contribution in [2.45, 2.75) is 45.4 Å². The van der Waals surface area contributed by atoms with Crippen LogP contribution in [0.2, 0.25) is 0 Å². The zero-order chi connectivity index (χ0) is 10.6. The molecule has 2 unspecified atom stereocenters. The van der Waals surface area contributed by atoms with Crippen LogP contribution in [0.25, 0.3) is 0 Å². The molecule has 0 saturated carbocycles. The number of nitrogens with zero attached hydrogens (tertiary/aromatic N) is 1. The van der Waals surface area contributed by atoms with Gasteiger partial charge in [-0.3, -0.25) is 4.90 Å². The first-order valence-corrected chi connectivity index (χ1v) is 5.67. The standard InChI is InChI=1S/C11H24N2O/c1-5-13(9(2)3)8-10-6-11(14-4)7-12-10/h9-12H,5-8H2,1-4H3. The van der Waals surface area contributed by atoms with Crippen molar-refractivity contribution in [3.63, 3.8) is 0 Å². The van der Waals surface area contributed by atoms with Crippen molar-refractivity contribution < 1.29 is 4.74 Å². The van der Waals surface area contributed by atoms with Gasteiger partial charge in [-0.1, -0.05) is 6.92 Å². The highest BCUT2D eigenvalue weighted by Gasteiger charge is 2.25. The van der Waals surface area contributed by atoms with E-state index in [1.165, 1.54) is 0 Å². The van der Waals surface area contributed by atoms with Crippen LogP contribution in [0.15, 0.2) is 0 Å². The molecule has 1 aliphatic heterocycles. The third-order valence-electron chi connectivity index (χ3n) is 3.11. The van der Waals surface area contributed by atoms with Crippen LogP contribution in [0.5, 0.6) is 0 Å². The van der Waals surface area contributed by atoms with Gasteiger partial charge >= 0.3 is 0 Å². The SMILES string of the molecule is CCN(CC1CC(OC)CN1)C(C)C. The van der Waals surface area contributed by atoms with Gasteiger partial charge in [-0.25, -0.2) is 0 Å². The zero-order valence-electron chi connectivity index (χ0n) is 9.92. The average molecular weight is 200 g/mol. The molecule has 0 spiro atoms. The Balaban J connectivity index is 2.30. The highest BCUT2D eigenvalue weighted by atomic mass is 16.5. The number of rotatable bonds is 5. The van der Waals surface area contributed by atoms with Gasteiger partial charge < -0.3 is 10.1 Å². The Morgan fingerprint density at radius 1 is 1.50 bits per heavy atom. The minimum absolute atomic E-state index is 0.422. The molecule has 0 aliphatic carbocycles.